The molecule has 0 saturated carbocycles. The van der Waals surface area contributed by atoms with Crippen molar-refractivity contribution in [1.82, 2.24) is 15.1 Å². The summed E-state index contributed by atoms with van der Waals surface area (Å²) in [6, 6.07) is 7.26. The first-order chi connectivity index (χ1) is 10.0. The molecule has 0 radical (unpaired) electrons. The lowest BCUT2D eigenvalue weighted by atomic mass is 10.1. The lowest BCUT2D eigenvalue weighted by molar-refractivity contribution is -0.384. The minimum Gasteiger partial charge on any atom is -0.358 e. The van der Waals surface area contributed by atoms with Crippen molar-refractivity contribution in [1.29, 1.82) is 0 Å². The fraction of sp³-hybridized carbons (Fsp3) is 0.467. The zero-order chi connectivity index (χ0) is 15.2. The second-order valence-corrected chi connectivity index (χ2v) is 5.53. The van der Waals surface area contributed by atoms with E-state index in [1.807, 2.05) is 12.1 Å². The third-order valence-corrected chi connectivity index (χ3v) is 3.39. The van der Waals surface area contributed by atoms with E-state index >= 15 is 0 Å². The smallest absolute Gasteiger partial charge is 0.269 e. The third-order valence-electron chi connectivity index (χ3n) is 3.39. The van der Waals surface area contributed by atoms with Crippen LogP contribution in [0.15, 0.2) is 36.7 Å². The van der Waals surface area contributed by atoms with E-state index in [-0.39, 0.29) is 10.6 Å². The van der Waals surface area contributed by atoms with Crippen molar-refractivity contribution in [2.24, 2.45) is 0 Å². The van der Waals surface area contributed by atoms with Gasteiger partial charge in [0, 0.05) is 37.1 Å². The summed E-state index contributed by atoms with van der Waals surface area (Å²) in [4.78, 5) is 14.7. The summed E-state index contributed by atoms with van der Waals surface area (Å²) in [5.41, 5.74) is 1.26. The second kappa shape index (κ2) is 7.08. The molecule has 1 heterocycles. The molecule has 21 heavy (non-hydrogen) atoms. The zero-order valence-electron chi connectivity index (χ0n) is 12.5. The van der Waals surface area contributed by atoms with E-state index in [4.69, 9.17) is 0 Å². The van der Waals surface area contributed by atoms with Crippen molar-refractivity contribution >= 4 is 5.69 Å². The van der Waals surface area contributed by atoms with Crippen molar-refractivity contribution in [3.8, 4) is 0 Å². The summed E-state index contributed by atoms with van der Waals surface area (Å²) in [6.45, 7) is 6.90. The monoisotopic (exact) mass is 290 g/mol. The van der Waals surface area contributed by atoms with Crippen LogP contribution in [0.5, 0.6) is 0 Å². The SMILES string of the molecule is CC(C)NCN1C=CN(CCc2ccc([N+](=O)[O-])cc2)C1. The highest BCUT2D eigenvalue weighted by Crippen LogP contribution is 2.13. The van der Waals surface area contributed by atoms with E-state index in [1.165, 1.54) is 0 Å². The Morgan fingerprint density at radius 2 is 1.90 bits per heavy atom. The summed E-state index contributed by atoms with van der Waals surface area (Å²) in [5.74, 6) is 0. The molecule has 0 amide bonds. The second-order valence-electron chi connectivity index (χ2n) is 5.53. The van der Waals surface area contributed by atoms with Gasteiger partial charge in [-0.05, 0) is 25.8 Å². The number of nitrogens with zero attached hydrogens (tertiary/aromatic N) is 3. The van der Waals surface area contributed by atoms with Gasteiger partial charge in [-0.1, -0.05) is 12.1 Å². The number of rotatable bonds is 7. The van der Waals surface area contributed by atoms with Gasteiger partial charge in [-0.25, -0.2) is 0 Å². The molecular formula is C15H22N4O2. The van der Waals surface area contributed by atoms with Gasteiger partial charge in [-0.3, -0.25) is 15.4 Å². The Morgan fingerprint density at radius 3 is 2.52 bits per heavy atom. The molecule has 6 heteroatoms. The van der Waals surface area contributed by atoms with E-state index in [0.717, 1.165) is 31.9 Å². The van der Waals surface area contributed by atoms with Gasteiger partial charge in [0.2, 0.25) is 0 Å². The molecule has 0 aromatic heterocycles. The standard InChI is InChI=1S/C15H22N4O2/c1-13(2)16-11-18-10-9-17(12-18)8-7-14-3-5-15(6-4-14)19(20)21/h3-6,9-10,13,16H,7-8,11-12H2,1-2H3. The minimum atomic E-state index is -0.368. The number of hydrogen-bond acceptors (Lipinski definition) is 5. The van der Waals surface area contributed by atoms with Crippen LogP contribution in [0.4, 0.5) is 5.69 Å². The number of nitrogens with one attached hydrogen (secondary N) is 1. The van der Waals surface area contributed by atoms with Crippen LogP contribution in [-0.2, 0) is 6.42 Å². The van der Waals surface area contributed by atoms with Gasteiger partial charge in [0.15, 0.2) is 0 Å². The molecule has 1 aliphatic heterocycles. The molecule has 1 aliphatic rings. The third kappa shape index (κ3) is 4.75. The number of benzene rings is 1. The molecule has 0 aliphatic carbocycles. The number of nitro groups is 1. The largest absolute Gasteiger partial charge is 0.358 e. The molecular weight excluding hydrogens is 268 g/mol. The molecule has 0 atom stereocenters. The Kier molecular flexibility index (Phi) is 5.16. The first-order valence-corrected chi connectivity index (χ1v) is 7.18. The molecule has 0 spiro atoms. The molecule has 0 fully saturated rings. The Labute approximate surface area is 125 Å². The van der Waals surface area contributed by atoms with E-state index < -0.39 is 0 Å². The maximum Gasteiger partial charge on any atom is 0.269 e. The zero-order valence-corrected chi connectivity index (χ0v) is 12.5. The van der Waals surface area contributed by atoms with Crippen molar-refractivity contribution in [2.45, 2.75) is 26.3 Å². The quantitative estimate of drug-likeness (QED) is 0.616. The average molecular weight is 290 g/mol. The first-order valence-electron chi connectivity index (χ1n) is 7.18. The normalized spacial score (nSPS) is 14.2. The van der Waals surface area contributed by atoms with Crippen LogP contribution in [-0.4, -0.2) is 40.6 Å². The summed E-state index contributed by atoms with van der Waals surface area (Å²) in [5, 5.41) is 14.0. The summed E-state index contributed by atoms with van der Waals surface area (Å²) in [6.07, 6.45) is 5.06. The molecule has 0 saturated heterocycles. The van der Waals surface area contributed by atoms with Crippen molar-refractivity contribution < 1.29 is 4.92 Å². The molecule has 6 nitrogen and oxygen atoms in total. The molecule has 114 valence electrons. The first kappa shape index (κ1) is 15.3. The molecule has 2 rings (SSSR count). The lowest BCUT2D eigenvalue weighted by Gasteiger charge is -2.22. The number of nitro benzene ring substituents is 1. The molecule has 0 unspecified atom stereocenters. The van der Waals surface area contributed by atoms with Crippen LogP contribution >= 0.6 is 0 Å². The number of non-ortho nitro benzene ring substituents is 1. The predicted molar refractivity (Wildman–Crippen MR) is 82.5 cm³/mol. The van der Waals surface area contributed by atoms with E-state index in [0.29, 0.717) is 6.04 Å². The minimum absolute atomic E-state index is 0.144. The van der Waals surface area contributed by atoms with Crippen molar-refractivity contribution in [3.05, 3.63) is 52.3 Å². The van der Waals surface area contributed by atoms with Crippen molar-refractivity contribution in [3.63, 3.8) is 0 Å². The van der Waals surface area contributed by atoms with Crippen LogP contribution in [0.25, 0.3) is 0 Å². The summed E-state index contributed by atoms with van der Waals surface area (Å²) in [7, 11) is 0. The fourth-order valence-corrected chi connectivity index (χ4v) is 2.12. The molecule has 1 aromatic rings. The van der Waals surface area contributed by atoms with Crippen LogP contribution < -0.4 is 5.32 Å². The highest BCUT2D eigenvalue weighted by Gasteiger charge is 2.12. The van der Waals surface area contributed by atoms with Gasteiger partial charge in [0.1, 0.15) is 0 Å². The predicted octanol–water partition coefficient (Wildman–Crippen LogP) is 2.14. The fourth-order valence-electron chi connectivity index (χ4n) is 2.12. The van der Waals surface area contributed by atoms with Gasteiger partial charge >= 0.3 is 0 Å². The van der Waals surface area contributed by atoms with Gasteiger partial charge in [-0.2, -0.15) is 0 Å². The Morgan fingerprint density at radius 1 is 1.24 bits per heavy atom. The topological polar surface area (TPSA) is 61.6 Å². The number of hydrogen-bond donors (Lipinski definition) is 1. The Balaban J connectivity index is 1.74. The molecule has 1 aromatic carbocycles. The summed E-state index contributed by atoms with van der Waals surface area (Å²) >= 11 is 0. The highest BCUT2D eigenvalue weighted by atomic mass is 16.6. The van der Waals surface area contributed by atoms with Gasteiger partial charge in [0.25, 0.3) is 5.69 Å². The average Bonchev–Trinajstić information content (AvgIpc) is 2.91. The van der Waals surface area contributed by atoms with Crippen LogP contribution in [0.3, 0.4) is 0 Å². The van der Waals surface area contributed by atoms with E-state index in [2.05, 4.69) is 41.4 Å². The highest BCUT2D eigenvalue weighted by molar-refractivity contribution is 5.32. The Hall–Kier alpha value is -2.08. The molecule has 1 N–H and O–H groups in total. The Bertz CT molecular complexity index is 499. The van der Waals surface area contributed by atoms with Crippen LogP contribution in [0, 0.1) is 10.1 Å². The van der Waals surface area contributed by atoms with Crippen LogP contribution in [0.2, 0.25) is 0 Å². The van der Waals surface area contributed by atoms with E-state index in [1.54, 1.807) is 12.1 Å². The maximum absolute atomic E-state index is 10.6. The van der Waals surface area contributed by atoms with Crippen LogP contribution in [0.1, 0.15) is 19.4 Å². The van der Waals surface area contributed by atoms with Gasteiger partial charge in [0.05, 0.1) is 18.3 Å². The maximum atomic E-state index is 10.6. The summed E-state index contributed by atoms with van der Waals surface area (Å²) < 4.78 is 0. The van der Waals surface area contributed by atoms with Gasteiger partial charge in [-0.15, -0.1) is 0 Å². The lowest BCUT2D eigenvalue weighted by Crippen LogP contribution is -2.36. The van der Waals surface area contributed by atoms with Gasteiger partial charge < -0.3 is 9.80 Å². The van der Waals surface area contributed by atoms with Crippen molar-refractivity contribution in [2.75, 3.05) is 19.9 Å². The van der Waals surface area contributed by atoms with E-state index in [9.17, 15) is 10.1 Å². The molecule has 0 bridgehead atoms.